The van der Waals surface area contributed by atoms with Crippen molar-refractivity contribution in [2.75, 3.05) is 20.9 Å². The van der Waals surface area contributed by atoms with Crippen LogP contribution in [-0.2, 0) is 24.8 Å². The fourth-order valence-corrected chi connectivity index (χ4v) is 6.63. The van der Waals surface area contributed by atoms with Gasteiger partial charge in [0.1, 0.15) is 6.54 Å². The fourth-order valence-electron chi connectivity index (χ4n) is 3.81. The number of nitrogens with one attached hydrogen (secondary N) is 2. The van der Waals surface area contributed by atoms with Gasteiger partial charge in [0, 0.05) is 15.8 Å². The molecule has 0 atom stereocenters. The molecule has 0 bridgehead atoms. The number of aryl methyl sites for hydroxylation is 1. The number of amides is 1. The molecule has 11 heteroatoms. The van der Waals surface area contributed by atoms with Crippen LogP contribution in [-0.4, -0.2) is 29.3 Å². The Kier molecular flexibility index (Phi) is 8.43. The molecule has 0 aliphatic carbocycles. The summed E-state index contributed by atoms with van der Waals surface area (Å²) in [6.45, 7) is 3.19. The molecule has 1 amide bonds. The third-order valence-electron chi connectivity index (χ3n) is 6.01. The van der Waals surface area contributed by atoms with Crippen LogP contribution >= 0.6 is 15.9 Å². The number of benzene rings is 4. The molecule has 0 heterocycles. The van der Waals surface area contributed by atoms with Crippen molar-refractivity contribution in [1.82, 2.24) is 0 Å². The molecule has 0 aliphatic heterocycles. The van der Waals surface area contributed by atoms with Gasteiger partial charge in [-0.2, -0.15) is 0 Å². The Bertz CT molecular complexity index is 1690. The van der Waals surface area contributed by atoms with Crippen molar-refractivity contribution in [1.29, 1.82) is 0 Å². The lowest BCUT2D eigenvalue weighted by atomic mass is 10.1. The van der Waals surface area contributed by atoms with Crippen molar-refractivity contribution in [3.63, 3.8) is 0 Å². The zero-order chi connectivity index (χ0) is 28.2. The van der Waals surface area contributed by atoms with Crippen LogP contribution < -0.4 is 14.3 Å². The SMILES string of the molecule is Cc1cccc(N(CC(=O)Nc2ccc(S(=O)(=O)Nc3ccc(Br)cc3)cc2)S(=O)(=O)c2ccccc2)c1C. The molecule has 202 valence electrons. The first-order valence-corrected chi connectivity index (χ1v) is 15.5. The summed E-state index contributed by atoms with van der Waals surface area (Å²) >= 11 is 3.31. The summed E-state index contributed by atoms with van der Waals surface area (Å²) < 4.78 is 57.0. The fraction of sp³-hybridized carbons (Fsp3) is 0.107. The quantitative estimate of drug-likeness (QED) is 0.247. The number of hydrogen-bond donors (Lipinski definition) is 2. The summed E-state index contributed by atoms with van der Waals surface area (Å²) in [5.41, 5.74) is 2.74. The maximum Gasteiger partial charge on any atom is 0.264 e. The highest BCUT2D eigenvalue weighted by Gasteiger charge is 2.28. The summed E-state index contributed by atoms with van der Waals surface area (Å²) in [6.07, 6.45) is 0. The predicted octanol–water partition coefficient (Wildman–Crippen LogP) is 5.70. The molecule has 4 rings (SSSR count). The van der Waals surface area contributed by atoms with Gasteiger partial charge in [0.25, 0.3) is 20.0 Å². The molecule has 8 nitrogen and oxygen atoms in total. The lowest BCUT2D eigenvalue weighted by Crippen LogP contribution is -2.38. The predicted molar refractivity (Wildman–Crippen MR) is 157 cm³/mol. The summed E-state index contributed by atoms with van der Waals surface area (Å²) in [6, 6.07) is 25.5. The average molecular weight is 629 g/mol. The van der Waals surface area contributed by atoms with Crippen molar-refractivity contribution in [2.45, 2.75) is 23.6 Å². The van der Waals surface area contributed by atoms with Gasteiger partial charge in [-0.25, -0.2) is 16.8 Å². The van der Waals surface area contributed by atoms with E-state index in [1.807, 2.05) is 13.0 Å². The number of carbonyl (C=O) groups is 1. The highest BCUT2D eigenvalue weighted by molar-refractivity contribution is 9.10. The number of carbonyl (C=O) groups excluding carboxylic acids is 1. The van der Waals surface area contributed by atoms with Gasteiger partial charge in [-0.05, 0) is 91.7 Å². The summed E-state index contributed by atoms with van der Waals surface area (Å²) in [5, 5.41) is 2.67. The van der Waals surface area contributed by atoms with Crippen LogP contribution in [0.15, 0.2) is 111 Å². The Morgan fingerprint density at radius 2 is 1.36 bits per heavy atom. The molecule has 0 saturated heterocycles. The van der Waals surface area contributed by atoms with Crippen LogP contribution in [0.2, 0.25) is 0 Å². The lowest BCUT2D eigenvalue weighted by Gasteiger charge is -2.26. The van der Waals surface area contributed by atoms with Crippen LogP contribution in [0.5, 0.6) is 0 Å². The Morgan fingerprint density at radius 3 is 2.00 bits per heavy atom. The monoisotopic (exact) mass is 627 g/mol. The zero-order valence-corrected chi connectivity index (χ0v) is 24.3. The van der Waals surface area contributed by atoms with Crippen LogP contribution in [0, 0.1) is 13.8 Å². The summed E-state index contributed by atoms with van der Waals surface area (Å²) in [5.74, 6) is -0.584. The van der Waals surface area contributed by atoms with Gasteiger partial charge in [-0.15, -0.1) is 0 Å². The second kappa shape index (κ2) is 11.6. The minimum Gasteiger partial charge on any atom is -0.325 e. The van der Waals surface area contributed by atoms with E-state index in [1.165, 1.54) is 36.4 Å². The molecule has 0 radical (unpaired) electrons. The third kappa shape index (κ3) is 6.67. The highest BCUT2D eigenvalue weighted by Crippen LogP contribution is 2.29. The minimum absolute atomic E-state index is 0.00656. The Labute approximate surface area is 236 Å². The first-order valence-electron chi connectivity index (χ1n) is 11.8. The molecule has 4 aromatic carbocycles. The second-order valence-corrected chi connectivity index (χ2v) is 13.2. The second-order valence-electron chi connectivity index (χ2n) is 8.73. The van der Waals surface area contributed by atoms with Gasteiger partial charge in [0.05, 0.1) is 15.5 Å². The van der Waals surface area contributed by atoms with E-state index in [9.17, 15) is 21.6 Å². The number of anilines is 3. The molecule has 0 aliphatic rings. The number of halogens is 1. The normalized spacial score (nSPS) is 11.6. The van der Waals surface area contributed by atoms with E-state index in [2.05, 4.69) is 26.0 Å². The first kappa shape index (κ1) is 28.3. The summed E-state index contributed by atoms with van der Waals surface area (Å²) in [4.78, 5) is 13.1. The largest absolute Gasteiger partial charge is 0.325 e. The van der Waals surface area contributed by atoms with Crippen LogP contribution in [0.3, 0.4) is 0 Å². The molecule has 2 N–H and O–H groups in total. The maximum atomic E-state index is 13.6. The Hall–Kier alpha value is -3.67. The number of rotatable bonds is 9. The minimum atomic E-state index is -4.06. The van der Waals surface area contributed by atoms with E-state index in [-0.39, 0.29) is 9.79 Å². The standard InChI is InChI=1S/C28H26BrN3O5S2/c1-20-7-6-10-27(21(20)2)32(39(36,37)26-8-4-3-5-9-26)19-28(33)30-23-15-17-25(18-16-23)38(34,35)31-24-13-11-22(29)12-14-24/h3-18,31H,19H2,1-2H3,(H,30,33). The maximum absolute atomic E-state index is 13.6. The average Bonchev–Trinajstić information content (AvgIpc) is 2.91. The molecule has 0 fully saturated rings. The van der Waals surface area contributed by atoms with Gasteiger partial charge < -0.3 is 5.32 Å². The number of hydrogen-bond acceptors (Lipinski definition) is 5. The van der Waals surface area contributed by atoms with Crippen LogP contribution in [0.1, 0.15) is 11.1 Å². The van der Waals surface area contributed by atoms with E-state index in [4.69, 9.17) is 0 Å². The smallest absolute Gasteiger partial charge is 0.264 e. The van der Waals surface area contributed by atoms with Gasteiger partial charge >= 0.3 is 0 Å². The van der Waals surface area contributed by atoms with Gasteiger partial charge in [-0.3, -0.25) is 13.8 Å². The van der Waals surface area contributed by atoms with E-state index < -0.39 is 32.5 Å². The highest BCUT2D eigenvalue weighted by atomic mass is 79.9. The van der Waals surface area contributed by atoms with Crippen molar-refractivity contribution in [3.05, 3.63) is 113 Å². The third-order valence-corrected chi connectivity index (χ3v) is 9.71. The lowest BCUT2D eigenvalue weighted by molar-refractivity contribution is -0.114. The van der Waals surface area contributed by atoms with E-state index >= 15 is 0 Å². The molecule has 0 unspecified atom stereocenters. The zero-order valence-electron chi connectivity index (χ0n) is 21.1. The van der Waals surface area contributed by atoms with Gasteiger partial charge in [0.2, 0.25) is 5.91 Å². The first-order chi connectivity index (χ1) is 18.5. The molecule has 0 aromatic heterocycles. The van der Waals surface area contributed by atoms with E-state index in [0.717, 1.165) is 19.9 Å². The molecule has 0 saturated carbocycles. The molecule has 39 heavy (non-hydrogen) atoms. The van der Waals surface area contributed by atoms with Crippen molar-refractivity contribution in [3.8, 4) is 0 Å². The number of sulfonamides is 2. The molecule has 0 spiro atoms. The number of nitrogens with zero attached hydrogens (tertiary/aromatic N) is 1. The summed E-state index contributed by atoms with van der Waals surface area (Å²) in [7, 11) is -7.91. The van der Waals surface area contributed by atoms with Crippen molar-refractivity contribution in [2.24, 2.45) is 0 Å². The van der Waals surface area contributed by atoms with Crippen molar-refractivity contribution < 1.29 is 21.6 Å². The van der Waals surface area contributed by atoms with E-state index in [1.54, 1.807) is 61.5 Å². The van der Waals surface area contributed by atoms with Crippen LogP contribution in [0.25, 0.3) is 0 Å². The molecular formula is C28H26BrN3O5S2. The Morgan fingerprint density at radius 1 is 0.744 bits per heavy atom. The molecule has 4 aromatic rings. The topological polar surface area (TPSA) is 113 Å². The van der Waals surface area contributed by atoms with Crippen LogP contribution in [0.4, 0.5) is 17.1 Å². The Balaban J connectivity index is 1.55. The van der Waals surface area contributed by atoms with Crippen molar-refractivity contribution >= 4 is 58.9 Å². The van der Waals surface area contributed by atoms with Gasteiger partial charge in [0.15, 0.2) is 0 Å². The van der Waals surface area contributed by atoms with E-state index in [0.29, 0.717) is 17.1 Å². The molecular weight excluding hydrogens is 602 g/mol. The van der Waals surface area contributed by atoms with Gasteiger partial charge in [-0.1, -0.05) is 46.3 Å².